The molecule has 1 saturated heterocycles. The van der Waals surface area contributed by atoms with Crippen molar-refractivity contribution in [1.82, 2.24) is 20.2 Å². The molecule has 0 bridgehead atoms. The van der Waals surface area contributed by atoms with Gasteiger partial charge in [-0.05, 0) is 42.0 Å². The third kappa shape index (κ3) is 3.13. The van der Waals surface area contributed by atoms with E-state index in [4.69, 9.17) is 9.72 Å². The molecular weight excluding hydrogens is 300 g/mol. The summed E-state index contributed by atoms with van der Waals surface area (Å²) in [7, 11) is 1.68. The molecule has 5 nitrogen and oxygen atoms in total. The first kappa shape index (κ1) is 15.2. The van der Waals surface area contributed by atoms with Crippen LogP contribution in [0.15, 0.2) is 42.5 Å². The zero-order valence-electron chi connectivity index (χ0n) is 13.9. The van der Waals surface area contributed by atoms with Crippen molar-refractivity contribution in [2.45, 2.75) is 6.54 Å². The number of hydrogen-bond donors (Lipinski definition) is 2. The highest BCUT2D eigenvalue weighted by atomic mass is 16.5. The van der Waals surface area contributed by atoms with E-state index in [1.54, 1.807) is 7.11 Å². The Morgan fingerprint density at radius 3 is 2.62 bits per heavy atom. The minimum absolute atomic E-state index is 0.855. The summed E-state index contributed by atoms with van der Waals surface area (Å²) < 4.78 is 5.21. The van der Waals surface area contributed by atoms with E-state index in [1.807, 2.05) is 24.3 Å². The third-order valence-corrected chi connectivity index (χ3v) is 4.53. The molecule has 0 aliphatic carbocycles. The van der Waals surface area contributed by atoms with E-state index in [0.29, 0.717) is 0 Å². The number of fused-ring (bicyclic) bond motifs is 1. The van der Waals surface area contributed by atoms with Gasteiger partial charge in [-0.3, -0.25) is 4.90 Å². The molecule has 2 N–H and O–H groups in total. The average molecular weight is 322 g/mol. The Morgan fingerprint density at radius 1 is 1.08 bits per heavy atom. The van der Waals surface area contributed by atoms with Gasteiger partial charge in [-0.25, -0.2) is 4.98 Å². The first-order valence-electron chi connectivity index (χ1n) is 8.38. The molecule has 4 rings (SSSR count). The second-order valence-corrected chi connectivity index (χ2v) is 6.19. The monoisotopic (exact) mass is 322 g/mol. The molecule has 24 heavy (non-hydrogen) atoms. The van der Waals surface area contributed by atoms with Gasteiger partial charge in [0.2, 0.25) is 0 Å². The van der Waals surface area contributed by atoms with Crippen molar-refractivity contribution in [1.29, 1.82) is 0 Å². The normalized spacial score (nSPS) is 15.7. The number of nitrogens with one attached hydrogen (secondary N) is 2. The molecule has 2 aromatic carbocycles. The zero-order chi connectivity index (χ0) is 16.4. The Morgan fingerprint density at radius 2 is 1.88 bits per heavy atom. The average Bonchev–Trinajstić information content (AvgIpc) is 3.06. The summed E-state index contributed by atoms with van der Waals surface area (Å²) in [6.07, 6.45) is 0. The fourth-order valence-electron chi connectivity index (χ4n) is 3.17. The fourth-order valence-corrected chi connectivity index (χ4v) is 3.17. The van der Waals surface area contributed by atoms with Crippen molar-refractivity contribution in [2.24, 2.45) is 0 Å². The lowest BCUT2D eigenvalue weighted by Crippen LogP contribution is -2.42. The van der Waals surface area contributed by atoms with E-state index in [-0.39, 0.29) is 0 Å². The van der Waals surface area contributed by atoms with Crippen molar-refractivity contribution < 1.29 is 4.74 Å². The highest BCUT2D eigenvalue weighted by Gasteiger charge is 2.11. The molecule has 2 heterocycles. The summed E-state index contributed by atoms with van der Waals surface area (Å²) in [4.78, 5) is 10.6. The van der Waals surface area contributed by atoms with Gasteiger partial charge in [-0.2, -0.15) is 0 Å². The van der Waals surface area contributed by atoms with Gasteiger partial charge >= 0.3 is 0 Å². The molecule has 1 aromatic heterocycles. The van der Waals surface area contributed by atoms with Crippen molar-refractivity contribution >= 4 is 11.0 Å². The first-order chi connectivity index (χ1) is 11.8. The number of benzene rings is 2. The molecule has 0 amide bonds. The SMILES string of the molecule is COc1ccc(-c2nc3ccc(CN4CCNCC4)cc3[nH]2)cc1. The molecular formula is C19H22N4O. The van der Waals surface area contributed by atoms with E-state index < -0.39 is 0 Å². The lowest BCUT2D eigenvalue weighted by atomic mass is 10.2. The molecule has 0 unspecified atom stereocenters. The van der Waals surface area contributed by atoms with Crippen LogP contribution < -0.4 is 10.1 Å². The molecule has 1 aliphatic heterocycles. The Labute approximate surface area is 141 Å². The van der Waals surface area contributed by atoms with Crippen LogP contribution in [0, 0.1) is 0 Å². The molecule has 5 heteroatoms. The number of imidazole rings is 1. The highest BCUT2D eigenvalue weighted by Crippen LogP contribution is 2.23. The second kappa shape index (κ2) is 6.63. The van der Waals surface area contributed by atoms with Crippen LogP contribution in [0.1, 0.15) is 5.56 Å². The van der Waals surface area contributed by atoms with Crippen LogP contribution in [0.25, 0.3) is 22.4 Å². The predicted molar refractivity (Wildman–Crippen MR) is 96.2 cm³/mol. The third-order valence-electron chi connectivity index (χ3n) is 4.53. The number of H-pyrrole nitrogens is 1. The van der Waals surface area contributed by atoms with Crippen LogP contribution in [-0.4, -0.2) is 48.2 Å². The van der Waals surface area contributed by atoms with Crippen molar-refractivity contribution in [3.8, 4) is 17.1 Å². The summed E-state index contributed by atoms with van der Waals surface area (Å²) in [5, 5.41) is 3.39. The van der Waals surface area contributed by atoms with Crippen molar-refractivity contribution in [3.63, 3.8) is 0 Å². The van der Waals surface area contributed by atoms with Gasteiger partial charge in [0.1, 0.15) is 11.6 Å². The lowest BCUT2D eigenvalue weighted by molar-refractivity contribution is 0.233. The maximum Gasteiger partial charge on any atom is 0.138 e. The topological polar surface area (TPSA) is 53.2 Å². The summed E-state index contributed by atoms with van der Waals surface area (Å²) >= 11 is 0. The Balaban J connectivity index is 1.58. The number of aromatic amines is 1. The predicted octanol–water partition coefficient (Wildman–Crippen LogP) is 2.64. The molecule has 3 aromatic rings. The minimum Gasteiger partial charge on any atom is -0.497 e. The van der Waals surface area contributed by atoms with Crippen molar-refractivity contribution in [2.75, 3.05) is 33.3 Å². The summed E-state index contributed by atoms with van der Waals surface area (Å²) in [6, 6.07) is 14.5. The Kier molecular flexibility index (Phi) is 4.19. The maximum absolute atomic E-state index is 5.21. The van der Waals surface area contributed by atoms with Crippen LogP contribution in [0.2, 0.25) is 0 Å². The minimum atomic E-state index is 0.855. The van der Waals surface area contributed by atoms with Crippen LogP contribution in [0.4, 0.5) is 0 Å². The fraction of sp³-hybridized carbons (Fsp3) is 0.316. The van der Waals surface area contributed by atoms with Gasteiger partial charge < -0.3 is 15.0 Å². The number of hydrogen-bond acceptors (Lipinski definition) is 4. The first-order valence-corrected chi connectivity index (χ1v) is 8.38. The Bertz CT molecular complexity index is 819. The summed E-state index contributed by atoms with van der Waals surface area (Å²) in [5.41, 5.74) is 4.49. The molecule has 0 spiro atoms. The molecule has 124 valence electrons. The van der Waals surface area contributed by atoms with Crippen LogP contribution >= 0.6 is 0 Å². The largest absolute Gasteiger partial charge is 0.497 e. The van der Waals surface area contributed by atoms with E-state index in [1.165, 1.54) is 5.56 Å². The molecule has 1 fully saturated rings. The van der Waals surface area contributed by atoms with Crippen LogP contribution in [-0.2, 0) is 6.54 Å². The number of nitrogens with zero attached hydrogens (tertiary/aromatic N) is 2. The van der Waals surface area contributed by atoms with E-state index in [9.17, 15) is 0 Å². The van der Waals surface area contributed by atoms with Crippen LogP contribution in [0.5, 0.6) is 5.75 Å². The number of rotatable bonds is 4. The van der Waals surface area contributed by atoms with Gasteiger partial charge in [0.25, 0.3) is 0 Å². The molecule has 1 aliphatic rings. The van der Waals surface area contributed by atoms with Gasteiger partial charge in [-0.1, -0.05) is 6.07 Å². The van der Waals surface area contributed by atoms with Gasteiger partial charge in [0.15, 0.2) is 0 Å². The number of piperazine rings is 1. The van der Waals surface area contributed by atoms with Gasteiger partial charge in [0.05, 0.1) is 18.1 Å². The standard InChI is InChI=1S/C19H22N4O/c1-24-16-5-3-15(4-6-16)19-21-17-7-2-14(12-18(17)22-19)13-23-10-8-20-9-11-23/h2-7,12,20H,8-11,13H2,1H3,(H,21,22). The number of ether oxygens (including phenoxy) is 1. The maximum atomic E-state index is 5.21. The zero-order valence-corrected chi connectivity index (χ0v) is 13.9. The van der Waals surface area contributed by atoms with Crippen LogP contribution in [0.3, 0.4) is 0 Å². The second-order valence-electron chi connectivity index (χ2n) is 6.19. The van der Waals surface area contributed by atoms with Gasteiger partial charge in [-0.15, -0.1) is 0 Å². The molecule has 0 radical (unpaired) electrons. The molecule has 0 atom stereocenters. The lowest BCUT2D eigenvalue weighted by Gasteiger charge is -2.27. The summed E-state index contributed by atoms with van der Waals surface area (Å²) in [5.74, 6) is 1.75. The smallest absolute Gasteiger partial charge is 0.138 e. The van der Waals surface area contributed by atoms with E-state index >= 15 is 0 Å². The Hall–Kier alpha value is -2.37. The van der Waals surface area contributed by atoms with Crippen molar-refractivity contribution in [3.05, 3.63) is 48.0 Å². The summed E-state index contributed by atoms with van der Waals surface area (Å²) in [6.45, 7) is 5.37. The quantitative estimate of drug-likeness (QED) is 0.775. The van der Waals surface area contributed by atoms with E-state index in [0.717, 1.165) is 60.9 Å². The van der Waals surface area contributed by atoms with Gasteiger partial charge in [0, 0.05) is 38.3 Å². The highest BCUT2D eigenvalue weighted by molar-refractivity contribution is 5.80. The molecule has 0 saturated carbocycles. The van der Waals surface area contributed by atoms with E-state index in [2.05, 4.69) is 33.4 Å². The number of methoxy groups -OCH3 is 1. The number of aromatic nitrogens is 2.